The second-order valence-electron chi connectivity index (χ2n) is 7.49. The zero-order valence-corrected chi connectivity index (χ0v) is 17.2. The minimum Gasteiger partial charge on any atom is -0.466 e. The lowest BCUT2D eigenvalue weighted by Gasteiger charge is -2.23. The number of nitrogens with one attached hydrogen (secondary N) is 1. The van der Waals surface area contributed by atoms with Gasteiger partial charge in [-0.3, -0.25) is 14.5 Å². The van der Waals surface area contributed by atoms with Crippen LogP contribution in [0, 0.1) is 0 Å². The number of methoxy groups -OCH3 is 1. The number of aromatic nitrogens is 2. The largest absolute Gasteiger partial charge is 0.466 e. The second kappa shape index (κ2) is 8.12. The number of fused-ring (bicyclic) bond motifs is 1. The predicted molar refractivity (Wildman–Crippen MR) is 116 cm³/mol. The lowest BCUT2D eigenvalue weighted by molar-refractivity contribution is -0.136. The maximum Gasteiger partial charge on any atom is 0.335 e. The first kappa shape index (κ1) is 19.8. The quantitative estimate of drug-likeness (QED) is 0.657. The van der Waals surface area contributed by atoms with Crippen molar-refractivity contribution in [3.63, 3.8) is 0 Å². The van der Waals surface area contributed by atoms with Gasteiger partial charge in [-0.05, 0) is 24.1 Å². The molecule has 0 saturated heterocycles. The molecule has 0 bridgehead atoms. The van der Waals surface area contributed by atoms with Crippen molar-refractivity contribution >= 4 is 17.4 Å². The third-order valence-corrected chi connectivity index (χ3v) is 5.25. The Morgan fingerprint density at radius 2 is 1.90 bits per heavy atom. The fourth-order valence-corrected chi connectivity index (χ4v) is 3.88. The first-order valence-corrected chi connectivity index (χ1v) is 9.78. The van der Waals surface area contributed by atoms with Crippen LogP contribution in [-0.4, -0.2) is 42.6 Å². The van der Waals surface area contributed by atoms with Crippen LogP contribution in [0.1, 0.15) is 17.2 Å². The fraction of sp³-hybridized carbons (Fsp3) is 0.261. The molecule has 1 aliphatic heterocycles. The highest BCUT2D eigenvalue weighted by Crippen LogP contribution is 2.32. The van der Waals surface area contributed by atoms with Crippen molar-refractivity contribution < 1.29 is 9.53 Å². The van der Waals surface area contributed by atoms with E-state index in [9.17, 15) is 9.59 Å². The number of hydrogen-bond acceptors (Lipinski definition) is 6. The van der Waals surface area contributed by atoms with Crippen molar-refractivity contribution in [2.24, 2.45) is 0 Å². The van der Waals surface area contributed by atoms with Crippen molar-refractivity contribution in [1.29, 1.82) is 0 Å². The molecule has 1 aromatic carbocycles. The SMILES string of the molecule is COC(=O)C1=C[C@@H](Cc2ccccc2)N[C@@H]1c1c(N(C)C)nc2ccccn2c1=O. The Kier molecular flexibility index (Phi) is 5.37. The molecule has 154 valence electrons. The monoisotopic (exact) mass is 404 g/mol. The molecule has 2 aromatic heterocycles. The molecule has 0 unspecified atom stereocenters. The molecule has 0 saturated carbocycles. The van der Waals surface area contributed by atoms with Crippen LogP contribution in [0.25, 0.3) is 5.65 Å². The third-order valence-electron chi connectivity index (χ3n) is 5.25. The number of pyridine rings is 1. The van der Waals surface area contributed by atoms with Gasteiger partial charge in [0.1, 0.15) is 11.5 Å². The molecular formula is C23H24N4O3. The van der Waals surface area contributed by atoms with Gasteiger partial charge in [0.05, 0.1) is 24.3 Å². The third kappa shape index (κ3) is 3.59. The first-order valence-electron chi connectivity index (χ1n) is 9.78. The molecule has 2 atom stereocenters. The van der Waals surface area contributed by atoms with Gasteiger partial charge in [0.15, 0.2) is 0 Å². The molecule has 0 fully saturated rings. The van der Waals surface area contributed by atoms with E-state index in [2.05, 4.69) is 10.3 Å². The normalized spacial score (nSPS) is 18.3. The Morgan fingerprint density at radius 3 is 2.60 bits per heavy atom. The number of carbonyl (C=O) groups excluding carboxylic acids is 1. The van der Waals surface area contributed by atoms with Crippen LogP contribution in [0.2, 0.25) is 0 Å². The molecule has 7 nitrogen and oxygen atoms in total. The summed E-state index contributed by atoms with van der Waals surface area (Å²) in [4.78, 5) is 32.5. The van der Waals surface area contributed by atoms with E-state index in [-0.39, 0.29) is 11.6 Å². The Balaban J connectivity index is 1.82. The summed E-state index contributed by atoms with van der Waals surface area (Å²) in [5.41, 5.74) is 2.33. The minimum absolute atomic E-state index is 0.114. The Labute approximate surface area is 174 Å². The molecular weight excluding hydrogens is 380 g/mol. The van der Waals surface area contributed by atoms with Crippen LogP contribution in [0.5, 0.6) is 0 Å². The Morgan fingerprint density at radius 1 is 1.17 bits per heavy atom. The van der Waals surface area contributed by atoms with Gasteiger partial charge in [-0.2, -0.15) is 0 Å². The summed E-state index contributed by atoms with van der Waals surface area (Å²) in [6.07, 6.45) is 4.24. The van der Waals surface area contributed by atoms with E-state index in [1.54, 1.807) is 23.2 Å². The van der Waals surface area contributed by atoms with Gasteiger partial charge in [0, 0.05) is 26.3 Å². The lowest BCUT2D eigenvalue weighted by Crippen LogP contribution is -2.35. The van der Waals surface area contributed by atoms with Crippen LogP contribution in [0.4, 0.5) is 5.82 Å². The summed E-state index contributed by atoms with van der Waals surface area (Å²) in [5, 5.41) is 3.45. The summed E-state index contributed by atoms with van der Waals surface area (Å²) < 4.78 is 6.53. The highest BCUT2D eigenvalue weighted by molar-refractivity contribution is 5.91. The van der Waals surface area contributed by atoms with Gasteiger partial charge in [-0.25, -0.2) is 9.78 Å². The minimum atomic E-state index is -0.610. The van der Waals surface area contributed by atoms with Crippen LogP contribution in [-0.2, 0) is 16.0 Å². The molecule has 0 aliphatic carbocycles. The van der Waals surface area contributed by atoms with E-state index in [0.29, 0.717) is 29.0 Å². The first-order chi connectivity index (χ1) is 14.5. The molecule has 7 heteroatoms. The summed E-state index contributed by atoms with van der Waals surface area (Å²) >= 11 is 0. The average molecular weight is 404 g/mol. The topological polar surface area (TPSA) is 75.9 Å². The Hall–Kier alpha value is -3.45. The van der Waals surface area contributed by atoms with E-state index in [1.165, 1.54) is 11.5 Å². The van der Waals surface area contributed by atoms with Crippen molar-refractivity contribution in [1.82, 2.24) is 14.7 Å². The van der Waals surface area contributed by atoms with Gasteiger partial charge in [0.25, 0.3) is 5.56 Å². The number of hydrogen-bond donors (Lipinski definition) is 1. The van der Waals surface area contributed by atoms with Crippen molar-refractivity contribution in [2.45, 2.75) is 18.5 Å². The van der Waals surface area contributed by atoms with E-state index in [0.717, 1.165) is 5.56 Å². The summed E-state index contributed by atoms with van der Waals surface area (Å²) in [7, 11) is 5.02. The van der Waals surface area contributed by atoms with Gasteiger partial charge in [0.2, 0.25) is 0 Å². The van der Waals surface area contributed by atoms with Crippen molar-refractivity contribution in [3.05, 3.63) is 87.9 Å². The number of carbonyl (C=O) groups is 1. The van der Waals surface area contributed by atoms with E-state index < -0.39 is 12.0 Å². The van der Waals surface area contributed by atoms with Crippen molar-refractivity contribution in [2.75, 3.05) is 26.1 Å². The van der Waals surface area contributed by atoms with E-state index in [4.69, 9.17) is 4.74 Å². The maximum absolute atomic E-state index is 13.4. The average Bonchev–Trinajstić information content (AvgIpc) is 3.17. The molecule has 3 aromatic rings. The standard InChI is InChI=1S/C23H24N4O3/c1-26(2)21-19(22(28)27-12-8-7-11-18(27)25-21)20-17(23(29)30-3)14-16(24-20)13-15-9-5-4-6-10-15/h4-12,14,16,20,24H,13H2,1-3H3/t16-,20+/m1/s1. The number of anilines is 1. The van der Waals surface area contributed by atoms with Crippen LogP contribution in [0.3, 0.4) is 0 Å². The molecule has 30 heavy (non-hydrogen) atoms. The molecule has 0 radical (unpaired) electrons. The summed E-state index contributed by atoms with van der Waals surface area (Å²) in [6.45, 7) is 0. The predicted octanol–water partition coefficient (Wildman–Crippen LogP) is 2.12. The zero-order valence-electron chi connectivity index (χ0n) is 17.2. The zero-order chi connectivity index (χ0) is 21.3. The lowest BCUT2D eigenvalue weighted by atomic mass is 10.0. The highest BCUT2D eigenvalue weighted by atomic mass is 16.5. The number of ether oxygens (including phenoxy) is 1. The van der Waals surface area contributed by atoms with E-state index in [1.807, 2.05) is 56.6 Å². The fourth-order valence-electron chi connectivity index (χ4n) is 3.88. The number of benzene rings is 1. The van der Waals surface area contributed by atoms with Crippen LogP contribution >= 0.6 is 0 Å². The number of esters is 1. The molecule has 0 amide bonds. The molecule has 1 N–H and O–H groups in total. The summed E-state index contributed by atoms with van der Waals surface area (Å²) in [6, 6.07) is 14.7. The van der Waals surface area contributed by atoms with Crippen LogP contribution in [0.15, 0.2) is 71.2 Å². The maximum atomic E-state index is 13.4. The molecule has 0 spiro atoms. The van der Waals surface area contributed by atoms with Crippen molar-refractivity contribution in [3.8, 4) is 0 Å². The Bertz CT molecular complexity index is 1170. The van der Waals surface area contributed by atoms with Gasteiger partial charge >= 0.3 is 5.97 Å². The summed E-state index contributed by atoms with van der Waals surface area (Å²) in [5.74, 6) is 0.0733. The molecule has 3 heterocycles. The van der Waals surface area contributed by atoms with Gasteiger partial charge in [-0.15, -0.1) is 0 Å². The number of rotatable bonds is 5. The number of nitrogens with zero attached hydrogens (tertiary/aromatic N) is 3. The van der Waals surface area contributed by atoms with E-state index >= 15 is 0 Å². The van der Waals surface area contributed by atoms with Gasteiger partial charge < -0.3 is 9.64 Å². The molecule has 1 aliphatic rings. The smallest absolute Gasteiger partial charge is 0.335 e. The highest BCUT2D eigenvalue weighted by Gasteiger charge is 2.36. The second-order valence-corrected chi connectivity index (χ2v) is 7.49. The molecule has 4 rings (SSSR count). The van der Waals surface area contributed by atoms with Crippen LogP contribution < -0.4 is 15.8 Å². The van der Waals surface area contributed by atoms with Gasteiger partial charge in [-0.1, -0.05) is 42.5 Å².